The molecule has 0 bridgehead atoms. The van der Waals surface area contributed by atoms with Crippen LogP contribution in [-0.4, -0.2) is 42.6 Å². The van der Waals surface area contributed by atoms with E-state index in [1.807, 2.05) is 30.3 Å². The van der Waals surface area contributed by atoms with E-state index in [0.29, 0.717) is 22.2 Å². The second-order valence-electron chi connectivity index (χ2n) is 7.16. The van der Waals surface area contributed by atoms with Gasteiger partial charge in [-0.1, -0.05) is 46.8 Å². The Morgan fingerprint density at radius 2 is 2.13 bits per heavy atom. The summed E-state index contributed by atoms with van der Waals surface area (Å²) in [6, 6.07) is 9.27. The standard InChI is InChI=1S/C20H18N6O4S/c1-11-21-17(30-25-11)15-23-16(27)14-19(24-15)31-18(22-14)13-8-5-9-26(13)20(28)29-10-12-6-3-2-4-7-12/h2-4,6-7,13H,5,8-10H2,1H3,(H,23,24,27). The van der Waals surface area contributed by atoms with Crippen molar-refractivity contribution in [1.82, 2.24) is 30.0 Å². The molecular weight excluding hydrogens is 420 g/mol. The Bertz CT molecular complexity index is 1300. The number of thiazole rings is 1. The molecule has 11 heteroatoms. The summed E-state index contributed by atoms with van der Waals surface area (Å²) in [5.74, 6) is 0.774. The largest absolute Gasteiger partial charge is 0.445 e. The van der Waals surface area contributed by atoms with Gasteiger partial charge in [-0.2, -0.15) is 4.98 Å². The van der Waals surface area contributed by atoms with Gasteiger partial charge in [-0.05, 0) is 25.3 Å². The molecule has 1 N–H and O–H groups in total. The van der Waals surface area contributed by atoms with E-state index in [9.17, 15) is 9.59 Å². The minimum Gasteiger partial charge on any atom is -0.445 e. The Balaban J connectivity index is 1.39. The second-order valence-corrected chi connectivity index (χ2v) is 8.17. The number of nitrogens with zero attached hydrogens (tertiary/aromatic N) is 5. The fraction of sp³-hybridized carbons (Fsp3) is 0.300. The van der Waals surface area contributed by atoms with Gasteiger partial charge in [0.15, 0.2) is 16.2 Å². The summed E-state index contributed by atoms with van der Waals surface area (Å²) in [6.45, 7) is 2.46. The summed E-state index contributed by atoms with van der Waals surface area (Å²) in [4.78, 5) is 43.0. The van der Waals surface area contributed by atoms with Gasteiger partial charge in [0, 0.05) is 6.54 Å². The molecule has 1 aromatic carbocycles. The first kappa shape index (κ1) is 19.4. The maximum absolute atomic E-state index is 12.7. The first-order valence-corrected chi connectivity index (χ1v) is 10.6. The van der Waals surface area contributed by atoms with Gasteiger partial charge in [-0.25, -0.2) is 14.8 Å². The van der Waals surface area contributed by atoms with Crippen molar-refractivity contribution in [1.29, 1.82) is 0 Å². The number of carbonyl (C=O) groups is 1. The first-order chi connectivity index (χ1) is 15.1. The van der Waals surface area contributed by atoms with Crippen LogP contribution in [0.15, 0.2) is 39.6 Å². The van der Waals surface area contributed by atoms with Gasteiger partial charge in [0.2, 0.25) is 5.82 Å². The topological polar surface area (TPSA) is 127 Å². The third-order valence-electron chi connectivity index (χ3n) is 4.99. The van der Waals surface area contributed by atoms with E-state index in [0.717, 1.165) is 18.4 Å². The van der Waals surface area contributed by atoms with E-state index < -0.39 is 11.7 Å². The zero-order valence-corrected chi connectivity index (χ0v) is 17.4. The Labute approximate surface area is 179 Å². The average molecular weight is 438 g/mol. The van der Waals surface area contributed by atoms with Crippen LogP contribution in [0.25, 0.3) is 22.1 Å². The molecule has 1 amide bonds. The lowest BCUT2D eigenvalue weighted by Gasteiger charge is -2.22. The Morgan fingerprint density at radius 3 is 2.90 bits per heavy atom. The van der Waals surface area contributed by atoms with Crippen molar-refractivity contribution < 1.29 is 14.1 Å². The molecule has 1 aliphatic rings. The highest BCUT2D eigenvalue weighted by Gasteiger charge is 2.34. The quantitative estimate of drug-likeness (QED) is 0.514. The molecule has 1 aliphatic heterocycles. The van der Waals surface area contributed by atoms with Crippen LogP contribution < -0.4 is 5.56 Å². The van der Waals surface area contributed by atoms with Crippen LogP contribution >= 0.6 is 11.3 Å². The number of hydrogen-bond donors (Lipinski definition) is 1. The molecule has 5 rings (SSSR count). The maximum atomic E-state index is 12.7. The lowest BCUT2D eigenvalue weighted by atomic mass is 10.2. The zero-order chi connectivity index (χ0) is 21.4. The fourth-order valence-electron chi connectivity index (χ4n) is 3.53. The van der Waals surface area contributed by atoms with Gasteiger partial charge in [-0.15, -0.1) is 0 Å². The molecular formula is C20H18N6O4S. The van der Waals surface area contributed by atoms with E-state index in [1.165, 1.54) is 11.3 Å². The van der Waals surface area contributed by atoms with Gasteiger partial charge in [0.1, 0.15) is 11.6 Å². The zero-order valence-electron chi connectivity index (χ0n) is 16.6. The third-order valence-corrected chi connectivity index (χ3v) is 6.04. The van der Waals surface area contributed by atoms with Crippen molar-refractivity contribution >= 4 is 27.8 Å². The van der Waals surface area contributed by atoms with Crippen LogP contribution in [0, 0.1) is 6.92 Å². The number of aromatic nitrogens is 5. The Morgan fingerprint density at radius 1 is 1.29 bits per heavy atom. The van der Waals surface area contributed by atoms with Crippen molar-refractivity contribution in [2.45, 2.75) is 32.4 Å². The van der Waals surface area contributed by atoms with Crippen molar-refractivity contribution in [2.75, 3.05) is 6.54 Å². The first-order valence-electron chi connectivity index (χ1n) is 9.77. The number of aryl methyl sites for hydroxylation is 1. The number of aromatic amines is 1. The van der Waals surface area contributed by atoms with Crippen LogP contribution in [0.3, 0.4) is 0 Å². The molecule has 10 nitrogen and oxygen atoms in total. The monoisotopic (exact) mass is 438 g/mol. The van der Waals surface area contributed by atoms with Crippen LogP contribution in [0.1, 0.15) is 35.3 Å². The molecule has 1 saturated heterocycles. The van der Waals surface area contributed by atoms with Crippen molar-refractivity contribution in [3.05, 3.63) is 57.1 Å². The van der Waals surface area contributed by atoms with E-state index in [2.05, 4.69) is 25.1 Å². The highest BCUT2D eigenvalue weighted by Crippen LogP contribution is 2.36. The summed E-state index contributed by atoms with van der Waals surface area (Å²) < 4.78 is 10.6. The van der Waals surface area contributed by atoms with Crippen molar-refractivity contribution in [3.63, 3.8) is 0 Å². The van der Waals surface area contributed by atoms with E-state index >= 15 is 0 Å². The molecule has 0 radical (unpaired) electrons. The number of benzene rings is 1. The fourth-order valence-corrected chi connectivity index (χ4v) is 4.62. The maximum Gasteiger partial charge on any atom is 0.410 e. The minimum atomic E-state index is -0.394. The molecule has 158 valence electrons. The number of fused-ring (bicyclic) bond motifs is 1. The number of rotatable bonds is 4. The average Bonchev–Trinajstić information content (AvgIpc) is 3.51. The molecule has 3 aromatic heterocycles. The molecule has 0 saturated carbocycles. The van der Waals surface area contributed by atoms with Gasteiger partial charge >= 0.3 is 6.09 Å². The third kappa shape index (κ3) is 3.79. The van der Waals surface area contributed by atoms with Gasteiger partial charge in [0.25, 0.3) is 11.4 Å². The lowest BCUT2D eigenvalue weighted by molar-refractivity contribution is 0.0920. The summed E-state index contributed by atoms with van der Waals surface area (Å²) >= 11 is 1.28. The van der Waals surface area contributed by atoms with Gasteiger partial charge < -0.3 is 14.2 Å². The summed E-state index contributed by atoms with van der Waals surface area (Å²) in [6.07, 6.45) is 1.18. The Hall–Kier alpha value is -3.60. The normalized spacial score (nSPS) is 16.2. The van der Waals surface area contributed by atoms with E-state index in [4.69, 9.17) is 9.26 Å². The van der Waals surface area contributed by atoms with Crippen LogP contribution in [0.5, 0.6) is 0 Å². The Kier molecular flexibility index (Phi) is 4.94. The number of nitrogens with one attached hydrogen (secondary N) is 1. The lowest BCUT2D eigenvalue weighted by Crippen LogP contribution is -2.31. The summed E-state index contributed by atoms with van der Waals surface area (Å²) in [7, 11) is 0. The predicted molar refractivity (Wildman–Crippen MR) is 111 cm³/mol. The number of ether oxygens (including phenoxy) is 1. The van der Waals surface area contributed by atoms with Crippen molar-refractivity contribution in [3.8, 4) is 11.7 Å². The number of hydrogen-bond acceptors (Lipinski definition) is 9. The highest BCUT2D eigenvalue weighted by molar-refractivity contribution is 7.18. The summed E-state index contributed by atoms with van der Waals surface area (Å²) in [5, 5.41) is 4.37. The molecule has 4 heterocycles. The van der Waals surface area contributed by atoms with Crippen LogP contribution in [0.2, 0.25) is 0 Å². The minimum absolute atomic E-state index is 0.137. The number of carbonyl (C=O) groups excluding carboxylic acids is 1. The molecule has 1 fully saturated rings. The summed E-state index contributed by atoms with van der Waals surface area (Å²) in [5.41, 5.74) is 0.755. The van der Waals surface area contributed by atoms with Gasteiger partial charge in [0.05, 0.1) is 6.04 Å². The number of amides is 1. The van der Waals surface area contributed by atoms with Gasteiger partial charge in [-0.3, -0.25) is 9.69 Å². The molecule has 1 atom stereocenters. The second kappa shape index (κ2) is 7.91. The highest BCUT2D eigenvalue weighted by atomic mass is 32.1. The number of likely N-dealkylation sites (tertiary alicyclic amines) is 1. The van der Waals surface area contributed by atoms with E-state index in [-0.39, 0.29) is 29.9 Å². The smallest absolute Gasteiger partial charge is 0.410 e. The van der Waals surface area contributed by atoms with Crippen molar-refractivity contribution in [2.24, 2.45) is 0 Å². The molecule has 0 spiro atoms. The molecule has 4 aromatic rings. The molecule has 0 aliphatic carbocycles. The SMILES string of the molecule is Cc1noc(-c2nc3sc(C4CCCN4C(=O)OCc4ccccc4)nc3c(=O)[nH]2)n1. The number of H-pyrrole nitrogens is 1. The van der Waals surface area contributed by atoms with Crippen LogP contribution in [-0.2, 0) is 11.3 Å². The van der Waals surface area contributed by atoms with E-state index in [1.54, 1.807) is 11.8 Å². The predicted octanol–water partition coefficient (Wildman–Crippen LogP) is 3.21. The molecule has 1 unspecified atom stereocenters. The van der Waals surface area contributed by atoms with Crippen LogP contribution in [0.4, 0.5) is 4.79 Å². The molecule has 31 heavy (non-hydrogen) atoms.